The van der Waals surface area contributed by atoms with Crippen molar-refractivity contribution in [1.82, 2.24) is 15.1 Å². The monoisotopic (exact) mass is 234 g/mol. The van der Waals surface area contributed by atoms with E-state index >= 15 is 0 Å². The molecule has 2 atom stereocenters. The highest BCUT2D eigenvalue weighted by molar-refractivity contribution is 5.40. The van der Waals surface area contributed by atoms with Gasteiger partial charge in [0.05, 0.1) is 11.9 Å². The minimum absolute atomic E-state index is 0.145. The van der Waals surface area contributed by atoms with Crippen LogP contribution in [-0.2, 0) is 0 Å². The van der Waals surface area contributed by atoms with Crippen LogP contribution in [-0.4, -0.2) is 40.3 Å². The molecule has 17 heavy (non-hydrogen) atoms. The molecule has 5 nitrogen and oxygen atoms in total. The van der Waals surface area contributed by atoms with Crippen molar-refractivity contribution in [3.8, 4) is 0 Å². The number of hydrogen-bond acceptors (Lipinski definition) is 4. The fourth-order valence-corrected chi connectivity index (χ4v) is 3.08. The van der Waals surface area contributed by atoms with E-state index in [2.05, 4.69) is 20.4 Å². The second-order valence-corrected chi connectivity index (χ2v) is 4.97. The van der Waals surface area contributed by atoms with Gasteiger partial charge in [-0.3, -0.25) is 9.69 Å². The average molecular weight is 234 g/mol. The molecule has 1 aromatic heterocycles. The molecule has 92 valence electrons. The van der Waals surface area contributed by atoms with Crippen LogP contribution in [0.1, 0.15) is 25.7 Å². The fourth-order valence-electron chi connectivity index (χ4n) is 3.08. The lowest BCUT2D eigenvalue weighted by atomic mass is 9.99. The van der Waals surface area contributed by atoms with Gasteiger partial charge in [0.1, 0.15) is 0 Å². The minimum atomic E-state index is -0.145. The van der Waals surface area contributed by atoms with Crippen molar-refractivity contribution in [2.75, 3.05) is 18.4 Å². The van der Waals surface area contributed by atoms with Gasteiger partial charge in [-0.15, -0.1) is 0 Å². The predicted molar refractivity (Wildman–Crippen MR) is 66.1 cm³/mol. The molecule has 2 aliphatic rings. The van der Waals surface area contributed by atoms with Crippen LogP contribution >= 0.6 is 0 Å². The van der Waals surface area contributed by atoms with Crippen molar-refractivity contribution in [3.05, 3.63) is 22.6 Å². The third kappa shape index (κ3) is 2.20. The number of anilines is 1. The zero-order valence-electron chi connectivity index (χ0n) is 9.85. The Hall–Kier alpha value is -1.36. The van der Waals surface area contributed by atoms with Crippen molar-refractivity contribution in [2.45, 2.75) is 37.8 Å². The minimum Gasteiger partial charge on any atom is -0.379 e. The Kier molecular flexibility index (Phi) is 2.84. The van der Waals surface area contributed by atoms with Crippen LogP contribution in [0.2, 0.25) is 0 Å². The summed E-state index contributed by atoms with van der Waals surface area (Å²) in [5.74, 6) is 0. The molecule has 2 N–H and O–H groups in total. The maximum Gasteiger partial charge on any atom is 0.266 e. The van der Waals surface area contributed by atoms with Gasteiger partial charge in [-0.1, -0.05) is 6.42 Å². The van der Waals surface area contributed by atoms with Gasteiger partial charge in [0.25, 0.3) is 5.56 Å². The Labute approximate surface area is 100 Å². The van der Waals surface area contributed by atoms with Gasteiger partial charge >= 0.3 is 0 Å². The molecule has 0 bridgehead atoms. The fraction of sp³-hybridized carbons (Fsp3) is 0.667. The predicted octanol–water partition coefficient (Wildman–Crippen LogP) is 0.809. The van der Waals surface area contributed by atoms with Gasteiger partial charge in [0.2, 0.25) is 0 Å². The lowest BCUT2D eigenvalue weighted by Gasteiger charge is -2.32. The second-order valence-electron chi connectivity index (χ2n) is 4.97. The van der Waals surface area contributed by atoms with Crippen molar-refractivity contribution in [1.29, 1.82) is 0 Å². The molecule has 2 fully saturated rings. The standard InChI is InChI=1S/C12H18N4O/c17-12-7-9(8-13-15-12)14-10-4-6-16-5-2-1-3-11(10)16/h7-8,10-11H,1-6H2,(H2,14,15,17). The number of aromatic nitrogens is 2. The van der Waals surface area contributed by atoms with E-state index in [9.17, 15) is 4.79 Å². The SMILES string of the molecule is O=c1cc(NC2CCN3CCCCC23)cn[nH]1. The summed E-state index contributed by atoms with van der Waals surface area (Å²) in [6, 6.07) is 2.69. The van der Waals surface area contributed by atoms with Gasteiger partial charge in [-0.2, -0.15) is 5.10 Å². The third-order valence-electron chi connectivity index (χ3n) is 3.87. The summed E-state index contributed by atoms with van der Waals surface area (Å²) in [4.78, 5) is 13.7. The highest BCUT2D eigenvalue weighted by Gasteiger charge is 2.35. The highest BCUT2D eigenvalue weighted by atomic mass is 16.1. The number of H-pyrrole nitrogens is 1. The number of nitrogens with zero attached hydrogens (tertiary/aromatic N) is 2. The molecule has 0 amide bonds. The number of hydrogen-bond donors (Lipinski definition) is 2. The molecule has 0 spiro atoms. The van der Waals surface area contributed by atoms with Gasteiger partial charge in [-0.25, -0.2) is 5.10 Å². The van der Waals surface area contributed by atoms with Crippen molar-refractivity contribution in [2.24, 2.45) is 0 Å². The molecule has 0 aliphatic carbocycles. The Bertz CT molecular complexity index is 444. The molecule has 3 heterocycles. The summed E-state index contributed by atoms with van der Waals surface area (Å²) < 4.78 is 0. The molecule has 0 saturated carbocycles. The van der Waals surface area contributed by atoms with Crippen LogP contribution in [0.4, 0.5) is 5.69 Å². The van der Waals surface area contributed by atoms with Crippen LogP contribution in [0.3, 0.4) is 0 Å². The average Bonchev–Trinajstić information content (AvgIpc) is 2.73. The summed E-state index contributed by atoms with van der Waals surface area (Å²) in [6.07, 6.45) is 6.78. The lowest BCUT2D eigenvalue weighted by molar-refractivity contribution is 0.193. The molecular weight excluding hydrogens is 216 g/mol. The first-order valence-corrected chi connectivity index (χ1v) is 6.38. The Morgan fingerprint density at radius 3 is 3.18 bits per heavy atom. The van der Waals surface area contributed by atoms with E-state index in [1.807, 2.05) is 0 Å². The molecule has 5 heteroatoms. The molecule has 0 radical (unpaired) electrons. The summed E-state index contributed by atoms with van der Waals surface area (Å²) in [6.45, 7) is 2.41. The molecule has 2 saturated heterocycles. The van der Waals surface area contributed by atoms with Crippen LogP contribution in [0.15, 0.2) is 17.1 Å². The maximum absolute atomic E-state index is 11.2. The van der Waals surface area contributed by atoms with Crippen molar-refractivity contribution < 1.29 is 0 Å². The lowest BCUT2D eigenvalue weighted by Crippen LogP contribution is -2.41. The van der Waals surface area contributed by atoms with Gasteiger partial charge < -0.3 is 5.32 Å². The summed E-state index contributed by atoms with van der Waals surface area (Å²) in [5, 5.41) is 9.67. The largest absolute Gasteiger partial charge is 0.379 e. The van der Waals surface area contributed by atoms with Gasteiger partial charge in [-0.05, 0) is 25.8 Å². The Morgan fingerprint density at radius 1 is 1.35 bits per heavy atom. The maximum atomic E-state index is 11.2. The Balaban J connectivity index is 1.71. The van der Waals surface area contributed by atoms with E-state index in [1.165, 1.54) is 32.4 Å². The molecule has 2 unspecified atom stereocenters. The summed E-state index contributed by atoms with van der Waals surface area (Å²) >= 11 is 0. The van der Waals surface area contributed by atoms with E-state index in [0.717, 1.165) is 12.1 Å². The first-order chi connectivity index (χ1) is 8.33. The van der Waals surface area contributed by atoms with Gasteiger partial charge in [0, 0.05) is 24.7 Å². The number of aromatic amines is 1. The zero-order chi connectivity index (χ0) is 11.7. The molecule has 1 aromatic rings. The smallest absolute Gasteiger partial charge is 0.266 e. The second kappa shape index (κ2) is 4.49. The molecular formula is C12H18N4O. The topological polar surface area (TPSA) is 61.0 Å². The van der Waals surface area contributed by atoms with E-state index in [1.54, 1.807) is 12.3 Å². The summed E-state index contributed by atoms with van der Waals surface area (Å²) in [5.41, 5.74) is 0.694. The van der Waals surface area contributed by atoms with E-state index in [4.69, 9.17) is 0 Å². The third-order valence-corrected chi connectivity index (χ3v) is 3.87. The van der Waals surface area contributed by atoms with Crippen molar-refractivity contribution >= 4 is 5.69 Å². The number of piperidine rings is 1. The van der Waals surface area contributed by atoms with E-state index < -0.39 is 0 Å². The Morgan fingerprint density at radius 2 is 2.29 bits per heavy atom. The highest BCUT2D eigenvalue weighted by Crippen LogP contribution is 2.28. The zero-order valence-corrected chi connectivity index (χ0v) is 9.85. The molecule has 3 rings (SSSR count). The van der Waals surface area contributed by atoms with E-state index in [-0.39, 0.29) is 5.56 Å². The number of nitrogens with one attached hydrogen (secondary N) is 2. The van der Waals surface area contributed by atoms with Gasteiger partial charge in [0.15, 0.2) is 0 Å². The molecule has 0 aromatic carbocycles. The normalized spacial score (nSPS) is 28.9. The van der Waals surface area contributed by atoms with E-state index in [0.29, 0.717) is 12.1 Å². The summed E-state index contributed by atoms with van der Waals surface area (Å²) in [7, 11) is 0. The van der Waals surface area contributed by atoms with Crippen LogP contribution in [0.5, 0.6) is 0 Å². The first kappa shape index (κ1) is 10.8. The number of fused-ring (bicyclic) bond motifs is 1. The van der Waals surface area contributed by atoms with Crippen LogP contribution < -0.4 is 10.9 Å². The number of rotatable bonds is 2. The quantitative estimate of drug-likeness (QED) is 0.795. The van der Waals surface area contributed by atoms with Crippen LogP contribution in [0.25, 0.3) is 0 Å². The van der Waals surface area contributed by atoms with Crippen molar-refractivity contribution in [3.63, 3.8) is 0 Å². The molecule has 2 aliphatic heterocycles. The van der Waals surface area contributed by atoms with Crippen LogP contribution in [0, 0.1) is 0 Å². The first-order valence-electron chi connectivity index (χ1n) is 6.38.